The Balaban J connectivity index is 1.71. The van der Waals surface area contributed by atoms with Gasteiger partial charge in [0.15, 0.2) is 17.3 Å². The molecule has 5 rings (SSSR count). The van der Waals surface area contributed by atoms with E-state index in [4.69, 9.17) is 9.47 Å². The molecule has 0 spiro atoms. The molecule has 1 heterocycles. The van der Waals surface area contributed by atoms with Crippen LogP contribution in [-0.2, 0) is 27.5 Å². The number of hydrogen-bond acceptors (Lipinski definition) is 6. The first-order chi connectivity index (χ1) is 18.4. The van der Waals surface area contributed by atoms with Crippen molar-refractivity contribution in [3.63, 3.8) is 0 Å². The van der Waals surface area contributed by atoms with Crippen LogP contribution in [0, 0.1) is 0 Å². The number of aromatic hydroxyl groups is 1. The highest BCUT2D eigenvalue weighted by molar-refractivity contribution is 6.36. The topological polar surface area (TPSA) is 105 Å². The van der Waals surface area contributed by atoms with E-state index >= 15 is 0 Å². The summed E-state index contributed by atoms with van der Waals surface area (Å²) in [7, 11) is 2.72. The molecule has 8 heteroatoms. The van der Waals surface area contributed by atoms with Gasteiger partial charge in [-0.1, -0.05) is 60.7 Å². The number of allylic oxidation sites excluding steroid dienone is 2. The highest BCUT2D eigenvalue weighted by atomic mass is 16.5. The fourth-order valence-electron chi connectivity index (χ4n) is 4.91. The Kier molecular flexibility index (Phi) is 6.70. The Morgan fingerprint density at radius 3 is 2.24 bits per heavy atom. The molecule has 1 aliphatic heterocycles. The van der Waals surface area contributed by atoms with Gasteiger partial charge in [0.1, 0.15) is 6.04 Å². The van der Waals surface area contributed by atoms with Gasteiger partial charge in [0.05, 0.1) is 19.8 Å². The number of methoxy groups -OCH3 is 2. The van der Waals surface area contributed by atoms with E-state index in [1.54, 1.807) is 0 Å². The number of benzene rings is 3. The fraction of sp³-hybridized carbons (Fsp3) is 0.167. The summed E-state index contributed by atoms with van der Waals surface area (Å²) >= 11 is 0. The van der Waals surface area contributed by atoms with Crippen molar-refractivity contribution in [2.24, 2.45) is 0 Å². The third-order valence-corrected chi connectivity index (χ3v) is 6.69. The molecule has 0 aromatic heterocycles. The molecule has 2 aliphatic rings. The number of hydrogen-bond donors (Lipinski definition) is 2. The van der Waals surface area contributed by atoms with Crippen LogP contribution in [-0.4, -0.2) is 41.8 Å². The van der Waals surface area contributed by atoms with Gasteiger partial charge in [0.2, 0.25) is 11.7 Å². The lowest BCUT2D eigenvalue weighted by molar-refractivity contribution is -0.138. The number of ketones is 1. The predicted octanol–water partition coefficient (Wildman–Crippen LogP) is 3.70. The van der Waals surface area contributed by atoms with Crippen molar-refractivity contribution in [3.05, 3.63) is 107 Å². The maximum absolute atomic E-state index is 14.0. The summed E-state index contributed by atoms with van der Waals surface area (Å²) in [6.45, 7) is 0.337. The minimum absolute atomic E-state index is 0.0425. The molecular weight excluding hydrogens is 484 g/mol. The largest absolute Gasteiger partial charge is 0.502 e. The van der Waals surface area contributed by atoms with E-state index in [-0.39, 0.29) is 47.0 Å². The average molecular weight is 511 g/mol. The monoisotopic (exact) mass is 510 g/mol. The molecule has 2 N–H and O–H groups in total. The summed E-state index contributed by atoms with van der Waals surface area (Å²) in [5, 5.41) is 13.8. The number of ether oxygens (including phenoxy) is 2. The fourth-order valence-corrected chi connectivity index (χ4v) is 4.91. The first-order valence-corrected chi connectivity index (χ1v) is 12.1. The van der Waals surface area contributed by atoms with E-state index in [0.717, 1.165) is 11.1 Å². The van der Waals surface area contributed by atoms with Crippen LogP contribution < -0.4 is 14.8 Å². The summed E-state index contributed by atoms with van der Waals surface area (Å²) < 4.78 is 10.9. The minimum atomic E-state index is -1.16. The molecule has 1 aliphatic carbocycles. The summed E-state index contributed by atoms with van der Waals surface area (Å²) in [5.74, 6) is -1.67. The van der Waals surface area contributed by atoms with Crippen LogP contribution in [0.5, 0.6) is 17.2 Å². The van der Waals surface area contributed by atoms with Gasteiger partial charge >= 0.3 is 0 Å². The third-order valence-electron chi connectivity index (χ3n) is 6.69. The maximum atomic E-state index is 14.0. The van der Waals surface area contributed by atoms with Gasteiger partial charge in [-0.05, 0) is 34.9 Å². The number of phenolic OH excluding ortho intramolecular Hbond substituents is 1. The molecule has 1 atom stereocenters. The third kappa shape index (κ3) is 4.30. The summed E-state index contributed by atoms with van der Waals surface area (Å²) in [5.41, 5.74) is 2.41. The molecule has 2 amide bonds. The Bertz CT molecular complexity index is 1480. The molecule has 0 bridgehead atoms. The van der Waals surface area contributed by atoms with Crippen molar-refractivity contribution in [2.45, 2.75) is 19.1 Å². The van der Waals surface area contributed by atoms with Crippen molar-refractivity contribution in [1.82, 2.24) is 10.2 Å². The smallest absolute Gasteiger partial charge is 0.255 e. The van der Waals surface area contributed by atoms with E-state index in [0.29, 0.717) is 5.56 Å². The van der Waals surface area contributed by atoms with Crippen LogP contribution in [0.4, 0.5) is 0 Å². The van der Waals surface area contributed by atoms with Crippen molar-refractivity contribution in [2.75, 3.05) is 14.2 Å². The summed E-state index contributed by atoms with van der Waals surface area (Å²) in [6.07, 6.45) is 2.76. The Hall–Kier alpha value is -4.85. The SMILES string of the molecule is COc1cc2c(c(OC)c1O)C1=C(C=CC1=O)C(=O)N(Cc1ccccc1)C2C(=O)NCc1ccccc1. The molecule has 192 valence electrons. The van der Waals surface area contributed by atoms with Gasteiger partial charge in [0.25, 0.3) is 5.91 Å². The lowest BCUT2D eigenvalue weighted by Crippen LogP contribution is -2.43. The summed E-state index contributed by atoms with van der Waals surface area (Å²) in [4.78, 5) is 42.5. The van der Waals surface area contributed by atoms with Gasteiger partial charge in [-0.15, -0.1) is 0 Å². The second kappa shape index (κ2) is 10.3. The van der Waals surface area contributed by atoms with Crippen molar-refractivity contribution >= 4 is 23.2 Å². The van der Waals surface area contributed by atoms with Crippen molar-refractivity contribution in [1.29, 1.82) is 0 Å². The predicted molar refractivity (Wildman–Crippen MR) is 140 cm³/mol. The van der Waals surface area contributed by atoms with Crippen LogP contribution in [0.3, 0.4) is 0 Å². The Labute approximate surface area is 219 Å². The zero-order valence-corrected chi connectivity index (χ0v) is 20.9. The van der Waals surface area contributed by atoms with Crippen LogP contribution in [0.1, 0.15) is 28.3 Å². The van der Waals surface area contributed by atoms with Gasteiger partial charge in [-0.25, -0.2) is 0 Å². The van der Waals surface area contributed by atoms with Crippen LogP contribution >= 0.6 is 0 Å². The van der Waals surface area contributed by atoms with Gasteiger partial charge in [-0.2, -0.15) is 0 Å². The molecule has 0 fully saturated rings. The molecule has 1 unspecified atom stereocenters. The average Bonchev–Trinajstić information content (AvgIpc) is 3.28. The van der Waals surface area contributed by atoms with E-state index in [1.807, 2.05) is 60.7 Å². The zero-order valence-electron chi connectivity index (χ0n) is 20.9. The molecule has 0 saturated carbocycles. The lowest BCUT2D eigenvalue weighted by atomic mass is 9.90. The molecular formula is C30H26N2O6. The summed E-state index contributed by atoms with van der Waals surface area (Å²) in [6, 6.07) is 19.0. The lowest BCUT2D eigenvalue weighted by Gasteiger charge is -2.31. The molecule has 0 saturated heterocycles. The quantitative estimate of drug-likeness (QED) is 0.502. The highest BCUT2D eigenvalue weighted by Crippen LogP contribution is 2.50. The molecule has 3 aromatic rings. The molecule has 0 radical (unpaired) electrons. The van der Waals surface area contributed by atoms with E-state index < -0.39 is 23.6 Å². The normalized spacial score (nSPS) is 16.2. The molecule has 38 heavy (non-hydrogen) atoms. The Morgan fingerprint density at radius 2 is 1.61 bits per heavy atom. The number of phenols is 1. The van der Waals surface area contributed by atoms with Gasteiger partial charge in [0, 0.05) is 24.2 Å². The minimum Gasteiger partial charge on any atom is -0.502 e. The molecule has 3 aromatic carbocycles. The number of nitrogens with zero attached hydrogens (tertiary/aromatic N) is 1. The first kappa shape index (κ1) is 24.8. The number of nitrogens with one attached hydrogen (secondary N) is 1. The van der Waals surface area contributed by atoms with Gasteiger partial charge in [-0.3, -0.25) is 14.4 Å². The van der Waals surface area contributed by atoms with Crippen LogP contribution in [0.15, 0.2) is 84.5 Å². The second-order valence-corrected chi connectivity index (χ2v) is 8.94. The number of fused-ring (bicyclic) bond motifs is 2. The highest BCUT2D eigenvalue weighted by Gasteiger charge is 2.43. The van der Waals surface area contributed by atoms with Crippen LogP contribution in [0.2, 0.25) is 0 Å². The standard InChI is InChI=1S/C30H26N2O6/c1-37-23-15-21-25(28(38-2)27(23)34)24-20(13-14-22(24)33)30(36)32(17-19-11-7-4-8-12-19)26(21)29(35)31-16-18-9-5-3-6-10-18/h3-15,26,34H,16-17H2,1-2H3,(H,31,35). The maximum Gasteiger partial charge on any atom is 0.255 e. The van der Waals surface area contributed by atoms with E-state index in [9.17, 15) is 19.5 Å². The molecule has 8 nitrogen and oxygen atoms in total. The van der Waals surface area contributed by atoms with E-state index in [2.05, 4.69) is 5.32 Å². The van der Waals surface area contributed by atoms with Crippen LogP contribution in [0.25, 0.3) is 5.57 Å². The van der Waals surface area contributed by atoms with Crippen molar-refractivity contribution < 1.29 is 29.0 Å². The Morgan fingerprint density at radius 1 is 0.947 bits per heavy atom. The zero-order chi connectivity index (χ0) is 26.8. The number of carbonyl (C=O) groups excluding carboxylic acids is 3. The number of rotatable bonds is 7. The second-order valence-electron chi connectivity index (χ2n) is 8.94. The van der Waals surface area contributed by atoms with Crippen molar-refractivity contribution in [3.8, 4) is 17.2 Å². The number of amides is 2. The number of carbonyl (C=O) groups is 3. The van der Waals surface area contributed by atoms with Gasteiger partial charge < -0.3 is 24.8 Å². The first-order valence-electron chi connectivity index (χ1n) is 12.1. The van der Waals surface area contributed by atoms with E-state index in [1.165, 1.54) is 37.3 Å².